The van der Waals surface area contributed by atoms with E-state index in [-0.39, 0.29) is 0 Å². The predicted octanol–water partition coefficient (Wildman–Crippen LogP) is 3.49. The second-order valence-electron chi connectivity index (χ2n) is 2.63. The Labute approximate surface area is 74.8 Å². The van der Waals surface area contributed by atoms with E-state index in [0.29, 0.717) is 5.25 Å². The number of unbranched alkanes of at least 4 members (excludes halogenated alkanes) is 2. The zero-order valence-electron chi connectivity index (χ0n) is 6.65. The number of rotatable bonds is 6. The fraction of sp³-hybridized carbons (Fsp3) is 1.00. The Morgan fingerprint density at radius 1 is 1.30 bits per heavy atom. The standard InChI is InChI=1S/C8H17ClS/c1-2-3-4-5-8(10)6-7-9/h8,10H,2-7H2,1H3/t8-/m1/s1. The molecule has 0 N–H and O–H groups in total. The lowest BCUT2D eigenvalue weighted by Crippen LogP contribution is -1.98. The molecule has 0 radical (unpaired) electrons. The monoisotopic (exact) mass is 180 g/mol. The molecular formula is C8H17ClS. The first-order valence-electron chi connectivity index (χ1n) is 4.05. The van der Waals surface area contributed by atoms with Crippen molar-refractivity contribution in [2.75, 3.05) is 5.88 Å². The van der Waals surface area contributed by atoms with Gasteiger partial charge < -0.3 is 0 Å². The Morgan fingerprint density at radius 2 is 2.00 bits per heavy atom. The number of alkyl halides is 1. The summed E-state index contributed by atoms with van der Waals surface area (Å²) in [5, 5.41) is 0.532. The van der Waals surface area contributed by atoms with E-state index in [0.717, 1.165) is 12.3 Å². The average molecular weight is 181 g/mol. The van der Waals surface area contributed by atoms with E-state index < -0.39 is 0 Å². The summed E-state index contributed by atoms with van der Waals surface area (Å²) < 4.78 is 0. The summed E-state index contributed by atoms with van der Waals surface area (Å²) in [5.41, 5.74) is 0. The van der Waals surface area contributed by atoms with Crippen molar-refractivity contribution >= 4 is 24.2 Å². The molecule has 0 saturated carbocycles. The molecule has 0 aromatic carbocycles. The first-order valence-corrected chi connectivity index (χ1v) is 5.10. The number of hydrogen-bond acceptors (Lipinski definition) is 1. The molecule has 0 aliphatic carbocycles. The molecule has 0 unspecified atom stereocenters. The average Bonchev–Trinajstić information content (AvgIpc) is 1.89. The molecule has 0 spiro atoms. The molecule has 0 heterocycles. The maximum absolute atomic E-state index is 5.56. The molecule has 0 nitrogen and oxygen atoms in total. The van der Waals surface area contributed by atoms with Gasteiger partial charge in [0.1, 0.15) is 0 Å². The molecule has 0 amide bonds. The lowest BCUT2D eigenvalue weighted by atomic mass is 10.1. The topological polar surface area (TPSA) is 0 Å². The molecule has 0 bridgehead atoms. The number of halogens is 1. The number of thiol groups is 1. The van der Waals surface area contributed by atoms with E-state index >= 15 is 0 Å². The van der Waals surface area contributed by atoms with Crippen molar-refractivity contribution in [3.05, 3.63) is 0 Å². The van der Waals surface area contributed by atoms with E-state index in [1.807, 2.05) is 0 Å². The van der Waals surface area contributed by atoms with Crippen LogP contribution in [0.5, 0.6) is 0 Å². The molecule has 0 saturated heterocycles. The summed E-state index contributed by atoms with van der Waals surface area (Å²) in [5.74, 6) is 0.750. The molecule has 0 aromatic heterocycles. The van der Waals surface area contributed by atoms with Crippen LogP contribution in [0, 0.1) is 0 Å². The summed E-state index contributed by atoms with van der Waals surface area (Å²) in [6.45, 7) is 2.22. The van der Waals surface area contributed by atoms with E-state index in [1.165, 1.54) is 25.7 Å². The van der Waals surface area contributed by atoms with Gasteiger partial charge in [0.05, 0.1) is 0 Å². The minimum Gasteiger partial charge on any atom is -0.176 e. The van der Waals surface area contributed by atoms with Crippen LogP contribution >= 0.6 is 24.2 Å². The third-order valence-electron chi connectivity index (χ3n) is 1.58. The van der Waals surface area contributed by atoms with Crippen LogP contribution in [0.4, 0.5) is 0 Å². The highest BCUT2D eigenvalue weighted by Crippen LogP contribution is 2.12. The minimum absolute atomic E-state index is 0.532. The van der Waals surface area contributed by atoms with Gasteiger partial charge in [-0.3, -0.25) is 0 Å². The van der Waals surface area contributed by atoms with Gasteiger partial charge in [-0.05, 0) is 12.8 Å². The van der Waals surface area contributed by atoms with Crippen molar-refractivity contribution in [2.45, 2.75) is 44.3 Å². The molecule has 1 atom stereocenters. The Hall–Kier alpha value is 0.640. The zero-order valence-corrected chi connectivity index (χ0v) is 8.30. The highest BCUT2D eigenvalue weighted by Gasteiger charge is 1.99. The second kappa shape index (κ2) is 7.74. The fourth-order valence-corrected chi connectivity index (χ4v) is 1.63. The van der Waals surface area contributed by atoms with Gasteiger partial charge >= 0.3 is 0 Å². The van der Waals surface area contributed by atoms with Crippen molar-refractivity contribution in [3.63, 3.8) is 0 Å². The molecule has 10 heavy (non-hydrogen) atoms. The van der Waals surface area contributed by atoms with Gasteiger partial charge in [-0.25, -0.2) is 0 Å². The summed E-state index contributed by atoms with van der Waals surface area (Å²) in [7, 11) is 0. The van der Waals surface area contributed by atoms with Crippen LogP contribution in [0.2, 0.25) is 0 Å². The SMILES string of the molecule is CCCCC[C@@H](S)CCCl. The van der Waals surface area contributed by atoms with Crippen molar-refractivity contribution < 1.29 is 0 Å². The van der Waals surface area contributed by atoms with Gasteiger partial charge in [-0.15, -0.1) is 11.6 Å². The molecule has 0 aliphatic heterocycles. The molecular weight excluding hydrogens is 164 g/mol. The fourth-order valence-electron chi connectivity index (χ4n) is 0.900. The molecule has 0 aliphatic rings. The largest absolute Gasteiger partial charge is 0.176 e. The van der Waals surface area contributed by atoms with Gasteiger partial charge in [0, 0.05) is 11.1 Å². The third-order valence-corrected chi connectivity index (χ3v) is 2.32. The molecule has 62 valence electrons. The summed E-state index contributed by atoms with van der Waals surface area (Å²) in [4.78, 5) is 0. The van der Waals surface area contributed by atoms with Crippen LogP contribution in [0.3, 0.4) is 0 Å². The van der Waals surface area contributed by atoms with Crippen LogP contribution in [0.1, 0.15) is 39.0 Å². The van der Waals surface area contributed by atoms with Crippen molar-refractivity contribution in [2.24, 2.45) is 0 Å². The highest BCUT2D eigenvalue weighted by molar-refractivity contribution is 7.80. The maximum Gasteiger partial charge on any atom is 0.0233 e. The summed E-state index contributed by atoms with van der Waals surface area (Å²) in [6, 6.07) is 0. The van der Waals surface area contributed by atoms with Crippen molar-refractivity contribution in [1.82, 2.24) is 0 Å². The van der Waals surface area contributed by atoms with Gasteiger partial charge in [0.25, 0.3) is 0 Å². The Morgan fingerprint density at radius 3 is 2.50 bits per heavy atom. The third kappa shape index (κ3) is 6.76. The summed E-state index contributed by atoms with van der Waals surface area (Å²) in [6.07, 6.45) is 6.21. The van der Waals surface area contributed by atoms with Crippen molar-refractivity contribution in [3.8, 4) is 0 Å². The van der Waals surface area contributed by atoms with E-state index in [1.54, 1.807) is 0 Å². The first kappa shape index (κ1) is 10.6. The molecule has 0 rings (SSSR count). The highest BCUT2D eigenvalue weighted by atomic mass is 35.5. The number of hydrogen-bond donors (Lipinski definition) is 1. The van der Waals surface area contributed by atoms with Crippen molar-refractivity contribution in [1.29, 1.82) is 0 Å². The molecule has 0 fully saturated rings. The van der Waals surface area contributed by atoms with Crippen LogP contribution < -0.4 is 0 Å². The zero-order chi connectivity index (χ0) is 7.82. The molecule has 2 heteroatoms. The van der Waals surface area contributed by atoms with Crippen LogP contribution in [-0.4, -0.2) is 11.1 Å². The van der Waals surface area contributed by atoms with E-state index in [2.05, 4.69) is 19.6 Å². The van der Waals surface area contributed by atoms with Gasteiger partial charge in [-0.2, -0.15) is 12.6 Å². The van der Waals surface area contributed by atoms with E-state index in [9.17, 15) is 0 Å². The van der Waals surface area contributed by atoms with Gasteiger partial charge in [0.15, 0.2) is 0 Å². The van der Waals surface area contributed by atoms with Gasteiger partial charge in [0.2, 0.25) is 0 Å². The Balaban J connectivity index is 2.97. The van der Waals surface area contributed by atoms with Gasteiger partial charge in [-0.1, -0.05) is 26.2 Å². The Bertz CT molecular complexity index is 66.3. The smallest absolute Gasteiger partial charge is 0.0233 e. The Kier molecular flexibility index (Phi) is 8.24. The lowest BCUT2D eigenvalue weighted by Gasteiger charge is -2.06. The normalized spacial score (nSPS) is 13.5. The first-order chi connectivity index (χ1) is 4.81. The predicted molar refractivity (Wildman–Crippen MR) is 52.3 cm³/mol. The van der Waals surface area contributed by atoms with Crippen LogP contribution in [0.25, 0.3) is 0 Å². The lowest BCUT2D eigenvalue weighted by molar-refractivity contribution is 0.639. The van der Waals surface area contributed by atoms with E-state index in [4.69, 9.17) is 11.6 Å². The maximum atomic E-state index is 5.56. The minimum atomic E-state index is 0.532. The quantitative estimate of drug-likeness (QED) is 0.361. The van der Waals surface area contributed by atoms with Crippen LogP contribution in [-0.2, 0) is 0 Å². The summed E-state index contributed by atoms with van der Waals surface area (Å²) >= 11 is 9.96. The second-order valence-corrected chi connectivity index (χ2v) is 3.74. The molecule has 0 aromatic rings. The van der Waals surface area contributed by atoms with Crippen LogP contribution in [0.15, 0.2) is 0 Å².